The average molecular weight is 338 g/mol. The number of carbonyl (C=O) groups is 1. The Morgan fingerprint density at radius 1 is 1.20 bits per heavy atom. The van der Waals surface area contributed by atoms with E-state index in [2.05, 4.69) is 4.98 Å². The van der Waals surface area contributed by atoms with Crippen molar-refractivity contribution in [3.63, 3.8) is 0 Å². The first kappa shape index (κ1) is 17.2. The maximum absolute atomic E-state index is 12.3. The van der Waals surface area contributed by atoms with Gasteiger partial charge in [-0.05, 0) is 42.0 Å². The Morgan fingerprint density at radius 3 is 2.60 bits per heavy atom. The van der Waals surface area contributed by atoms with E-state index in [0.717, 1.165) is 18.4 Å². The van der Waals surface area contributed by atoms with E-state index in [1.54, 1.807) is 23.2 Å². The fraction of sp³-hybridized carbons (Fsp3) is 0.300. The molecule has 0 aliphatic carbocycles. The van der Waals surface area contributed by atoms with Crippen LogP contribution >= 0.6 is 0 Å². The van der Waals surface area contributed by atoms with Crippen molar-refractivity contribution in [2.45, 2.75) is 18.9 Å². The molecule has 5 nitrogen and oxygen atoms in total. The van der Waals surface area contributed by atoms with Gasteiger partial charge in [-0.2, -0.15) is 0 Å². The van der Waals surface area contributed by atoms with Crippen molar-refractivity contribution in [1.29, 1.82) is 0 Å². The third-order valence-electron chi connectivity index (χ3n) is 4.60. The molecule has 2 heterocycles. The molecule has 5 heteroatoms. The predicted octanol–water partition coefficient (Wildman–Crippen LogP) is 2.77. The maximum atomic E-state index is 12.3. The number of aromatic nitrogens is 1. The van der Waals surface area contributed by atoms with Gasteiger partial charge < -0.3 is 15.1 Å². The molecule has 0 radical (unpaired) electrons. The van der Waals surface area contributed by atoms with Gasteiger partial charge >= 0.3 is 0 Å². The molecule has 1 unspecified atom stereocenters. The summed E-state index contributed by atoms with van der Waals surface area (Å²) in [4.78, 5) is 18.0. The summed E-state index contributed by atoms with van der Waals surface area (Å²) in [6, 6.07) is 11.2. The van der Waals surface area contributed by atoms with Crippen LogP contribution in [0, 0.1) is 5.92 Å². The first-order valence-electron chi connectivity index (χ1n) is 8.47. The van der Waals surface area contributed by atoms with E-state index >= 15 is 0 Å². The fourth-order valence-electron chi connectivity index (χ4n) is 3.17. The number of aliphatic hydroxyl groups is 1. The fourth-order valence-corrected chi connectivity index (χ4v) is 3.17. The van der Waals surface area contributed by atoms with E-state index in [-0.39, 0.29) is 17.6 Å². The first-order chi connectivity index (χ1) is 12.1. The van der Waals surface area contributed by atoms with Crippen LogP contribution in [0.15, 0.2) is 54.9 Å². The van der Waals surface area contributed by atoms with E-state index in [9.17, 15) is 15.0 Å². The number of piperidine rings is 1. The van der Waals surface area contributed by atoms with Gasteiger partial charge in [0, 0.05) is 25.4 Å². The highest BCUT2D eigenvalue weighted by Gasteiger charge is 2.27. The minimum atomic E-state index is -0.479. The molecule has 130 valence electrons. The van der Waals surface area contributed by atoms with E-state index < -0.39 is 6.10 Å². The first-order valence-corrected chi connectivity index (χ1v) is 8.47. The van der Waals surface area contributed by atoms with E-state index in [0.29, 0.717) is 18.7 Å². The number of hydrogen-bond donors (Lipinski definition) is 2. The zero-order valence-electron chi connectivity index (χ0n) is 14.0. The number of aliphatic hydroxyl groups excluding tert-OH is 1. The number of nitrogens with zero attached hydrogens (tertiary/aromatic N) is 2. The SMILES string of the molecule is O=C(/C=C/c1cncc(O)c1)N1CCC(C(O)c2ccccc2)CC1. The molecule has 2 N–H and O–H groups in total. The molecule has 1 aliphatic heterocycles. The Bertz CT molecular complexity index is 738. The van der Waals surface area contributed by atoms with Gasteiger partial charge in [0.2, 0.25) is 5.91 Å². The molecule has 1 amide bonds. The van der Waals surface area contributed by atoms with E-state index in [1.165, 1.54) is 12.3 Å². The molecule has 3 rings (SSSR count). The van der Waals surface area contributed by atoms with Crippen LogP contribution in [0.3, 0.4) is 0 Å². The highest BCUT2D eigenvalue weighted by molar-refractivity contribution is 5.91. The second-order valence-electron chi connectivity index (χ2n) is 6.33. The van der Waals surface area contributed by atoms with Gasteiger partial charge in [0.15, 0.2) is 0 Å². The second kappa shape index (κ2) is 7.94. The van der Waals surface area contributed by atoms with E-state index in [1.807, 2.05) is 30.3 Å². The molecule has 1 aromatic carbocycles. The van der Waals surface area contributed by atoms with Gasteiger partial charge in [-0.25, -0.2) is 0 Å². The number of pyridine rings is 1. The molecule has 1 aromatic heterocycles. The quantitative estimate of drug-likeness (QED) is 0.841. The molecule has 25 heavy (non-hydrogen) atoms. The zero-order chi connectivity index (χ0) is 17.6. The molecule has 0 spiro atoms. The van der Waals surface area contributed by atoms with Gasteiger partial charge in [0.25, 0.3) is 0 Å². The molecular formula is C20H22N2O3. The van der Waals surface area contributed by atoms with Crippen molar-refractivity contribution in [3.8, 4) is 5.75 Å². The zero-order valence-corrected chi connectivity index (χ0v) is 14.0. The smallest absolute Gasteiger partial charge is 0.246 e. The topological polar surface area (TPSA) is 73.7 Å². The minimum absolute atomic E-state index is 0.0593. The lowest BCUT2D eigenvalue weighted by Crippen LogP contribution is -2.38. The van der Waals surface area contributed by atoms with E-state index in [4.69, 9.17) is 0 Å². The summed E-state index contributed by atoms with van der Waals surface area (Å²) >= 11 is 0. The lowest BCUT2D eigenvalue weighted by molar-refractivity contribution is -0.127. The third-order valence-corrected chi connectivity index (χ3v) is 4.60. The summed E-state index contributed by atoms with van der Waals surface area (Å²) in [7, 11) is 0. The van der Waals surface area contributed by atoms with Crippen molar-refractivity contribution in [1.82, 2.24) is 9.88 Å². The van der Waals surface area contributed by atoms with Crippen LogP contribution in [0.1, 0.15) is 30.1 Å². The van der Waals surface area contributed by atoms with Crippen molar-refractivity contribution in [2.24, 2.45) is 5.92 Å². The largest absolute Gasteiger partial charge is 0.506 e. The standard InChI is InChI=1S/C20H22N2O3/c23-18-12-15(13-21-14-18)6-7-19(24)22-10-8-17(9-11-22)20(25)16-4-2-1-3-5-16/h1-7,12-14,17,20,23,25H,8-11H2/b7-6+. The number of amides is 1. The third kappa shape index (κ3) is 4.45. The van der Waals surface area contributed by atoms with Crippen molar-refractivity contribution < 1.29 is 15.0 Å². The van der Waals surface area contributed by atoms with Crippen LogP contribution in [0.25, 0.3) is 6.08 Å². The van der Waals surface area contributed by atoms with Crippen LogP contribution in [0.4, 0.5) is 0 Å². The Morgan fingerprint density at radius 2 is 1.92 bits per heavy atom. The minimum Gasteiger partial charge on any atom is -0.506 e. The highest BCUT2D eigenvalue weighted by Crippen LogP contribution is 2.30. The van der Waals surface area contributed by atoms with Gasteiger partial charge in [-0.3, -0.25) is 9.78 Å². The predicted molar refractivity (Wildman–Crippen MR) is 95.6 cm³/mol. The number of aromatic hydroxyl groups is 1. The summed E-state index contributed by atoms with van der Waals surface area (Å²) in [5, 5.41) is 19.9. The van der Waals surface area contributed by atoms with Crippen LogP contribution in [0.2, 0.25) is 0 Å². The van der Waals surface area contributed by atoms with Gasteiger partial charge in [0.1, 0.15) is 5.75 Å². The molecule has 0 saturated carbocycles. The summed E-state index contributed by atoms with van der Waals surface area (Å²) in [5.41, 5.74) is 1.62. The maximum Gasteiger partial charge on any atom is 0.246 e. The molecule has 1 aliphatic rings. The van der Waals surface area contributed by atoms with Crippen LogP contribution in [-0.2, 0) is 4.79 Å². The molecule has 1 saturated heterocycles. The Balaban J connectivity index is 1.54. The lowest BCUT2D eigenvalue weighted by atomic mass is 9.87. The van der Waals surface area contributed by atoms with Crippen molar-refractivity contribution in [3.05, 3.63) is 66.0 Å². The molecular weight excluding hydrogens is 316 g/mol. The highest BCUT2D eigenvalue weighted by atomic mass is 16.3. The van der Waals surface area contributed by atoms with Crippen LogP contribution in [-0.4, -0.2) is 39.1 Å². The number of hydrogen-bond acceptors (Lipinski definition) is 4. The van der Waals surface area contributed by atoms with Gasteiger partial charge in [-0.15, -0.1) is 0 Å². The lowest BCUT2D eigenvalue weighted by Gasteiger charge is -2.33. The van der Waals surface area contributed by atoms with Crippen molar-refractivity contribution >= 4 is 12.0 Å². The number of rotatable bonds is 4. The van der Waals surface area contributed by atoms with Gasteiger partial charge in [0.05, 0.1) is 12.3 Å². The Hall–Kier alpha value is -2.66. The van der Waals surface area contributed by atoms with Crippen LogP contribution in [0.5, 0.6) is 5.75 Å². The molecule has 1 fully saturated rings. The number of benzene rings is 1. The van der Waals surface area contributed by atoms with Gasteiger partial charge in [-0.1, -0.05) is 30.3 Å². The Kier molecular flexibility index (Phi) is 5.46. The molecule has 1 atom stereocenters. The summed E-state index contributed by atoms with van der Waals surface area (Å²) < 4.78 is 0. The second-order valence-corrected chi connectivity index (χ2v) is 6.33. The average Bonchev–Trinajstić information content (AvgIpc) is 2.66. The molecule has 2 aromatic rings. The van der Waals surface area contributed by atoms with Crippen LogP contribution < -0.4 is 0 Å². The molecule has 0 bridgehead atoms. The summed E-state index contributed by atoms with van der Waals surface area (Å²) in [6.07, 6.45) is 7.18. The summed E-state index contributed by atoms with van der Waals surface area (Å²) in [5.74, 6) is 0.187. The monoisotopic (exact) mass is 338 g/mol. The normalized spacial score (nSPS) is 16.9. The Labute approximate surface area is 147 Å². The number of likely N-dealkylation sites (tertiary alicyclic amines) is 1. The van der Waals surface area contributed by atoms with Crippen molar-refractivity contribution in [2.75, 3.05) is 13.1 Å². The number of carbonyl (C=O) groups excluding carboxylic acids is 1. The summed E-state index contributed by atoms with van der Waals surface area (Å²) in [6.45, 7) is 1.27.